The van der Waals surface area contributed by atoms with Crippen molar-refractivity contribution in [3.8, 4) is 0 Å². The monoisotopic (exact) mass is 432 g/mol. The molecule has 2 aromatic heterocycles. The number of methoxy groups -OCH3 is 1. The van der Waals surface area contributed by atoms with Crippen LogP contribution in [0.1, 0.15) is 43.0 Å². The van der Waals surface area contributed by atoms with E-state index < -0.39 is 0 Å². The van der Waals surface area contributed by atoms with Crippen LogP contribution in [0.4, 0.5) is 11.8 Å². The number of benzene rings is 1. The molecule has 0 radical (unpaired) electrons. The van der Waals surface area contributed by atoms with Gasteiger partial charge in [0, 0.05) is 45.4 Å². The Balaban J connectivity index is 1.36. The first-order chi connectivity index (χ1) is 15.8. The van der Waals surface area contributed by atoms with Gasteiger partial charge in [-0.3, -0.25) is 4.57 Å². The molecule has 32 heavy (non-hydrogen) atoms. The molecular weight excluding hydrogens is 400 g/mol. The van der Waals surface area contributed by atoms with E-state index in [4.69, 9.17) is 14.9 Å². The Kier molecular flexibility index (Phi) is 6.34. The minimum absolute atomic E-state index is 0.354. The largest absolute Gasteiger partial charge is 0.381 e. The summed E-state index contributed by atoms with van der Waals surface area (Å²) in [6, 6.07) is 16.8. The second-order valence-electron chi connectivity index (χ2n) is 8.80. The number of hydrogen-bond acceptors (Lipinski definition) is 6. The predicted octanol–water partition coefficient (Wildman–Crippen LogP) is 3.72. The van der Waals surface area contributed by atoms with Crippen LogP contribution in [0.25, 0.3) is 0 Å². The molecule has 0 unspecified atom stereocenters. The average Bonchev–Trinajstić information content (AvgIpc) is 3.28. The van der Waals surface area contributed by atoms with Crippen LogP contribution in [0.2, 0.25) is 0 Å². The van der Waals surface area contributed by atoms with E-state index in [9.17, 15) is 0 Å². The molecule has 0 spiro atoms. The van der Waals surface area contributed by atoms with Gasteiger partial charge in [0.25, 0.3) is 0 Å². The van der Waals surface area contributed by atoms with E-state index in [2.05, 4.69) is 61.8 Å². The van der Waals surface area contributed by atoms with Crippen molar-refractivity contribution in [3.05, 3.63) is 66.1 Å². The molecule has 0 N–H and O–H groups in total. The zero-order valence-corrected chi connectivity index (χ0v) is 18.8. The molecule has 4 heterocycles. The summed E-state index contributed by atoms with van der Waals surface area (Å²) in [5, 5.41) is 9.47. The van der Waals surface area contributed by atoms with Crippen LogP contribution in [0.5, 0.6) is 0 Å². The molecular formula is C25H32N6O. The van der Waals surface area contributed by atoms with Gasteiger partial charge in [-0.2, -0.15) is 0 Å². The molecule has 0 saturated carbocycles. The summed E-state index contributed by atoms with van der Waals surface area (Å²) in [5.41, 5.74) is 1.28. The zero-order chi connectivity index (χ0) is 21.8. The van der Waals surface area contributed by atoms with Gasteiger partial charge in [-0.15, -0.1) is 10.2 Å². The zero-order valence-electron chi connectivity index (χ0n) is 18.8. The number of anilines is 2. The predicted molar refractivity (Wildman–Crippen MR) is 126 cm³/mol. The van der Waals surface area contributed by atoms with E-state index in [0.29, 0.717) is 12.0 Å². The number of rotatable bonds is 6. The highest BCUT2D eigenvalue weighted by Crippen LogP contribution is 2.32. The molecule has 5 rings (SSSR count). The van der Waals surface area contributed by atoms with Gasteiger partial charge in [0.1, 0.15) is 11.6 Å². The fourth-order valence-corrected chi connectivity index (χ4v) is 4.96. The SMILES string of the molecule is COC1CCN(c2nnc(C3CCN(c4ccccn4)CC3)n2Cc2ccccc2)CC1. The first kappa shape index (κ1) is 20.9. The lowest BCUT2D eigenvalue weighted by atomic mass is 9.95. The van der Waals surface area contributed by atoms with Crippen LogP contribution in [0.3, 0.4) is 0 Å². The lowest BCUT2D eigenvalue weighted by Crippen LogP contribution is -2.38. The molecule has 1 aromatic carbocycles. The van der Waals surface area contributed by atoms with E-state index in [1.807, 2.05) is 19.4 Å². The van der Waals surface area contributed by atoms with Crippen molar-refractivity contribution in [1.82, 2.24) is 19.7 Å². The van der Waals surface area contributed by atoms with Crippen molar-refractivity contribution in [2.45, 2.75) is 44.2 Å². The van der Waals surface area contributed by atoms with Gasteiger partial charge in [0.05, 0.1) is 12.6 Å². The van der Waals surface area contributed by atoms with Crippen molar-refractivity contribution in [2.75, 3.05) is 43.1 Å². The average molecular weight is 433 g/mol. The summed E-state index contributed by atoms with van der Waals surface area (Å²) in [6.45, 7) is 4.72. The molecule has 2 fully saturated rings. The van der Waals surface area contributed by atoms with E-state index in [1.165, 1.54) is 5.56 Å². The van der Waals surface area contributed by atoms with Crippen LogP contribution >= 0.6 is 0 Å². The van der Waals surface area contributed by atoms with E-state index in [0.717, 1.165) is 76.0 Å². The van der Waals surface area contributed by atoms with Gasteiger partial charge < -0.3 is 14.5 Å². The molecule has 2 aliphatic rings. The summed E-state index contributed by atoms with van der Waals surface area (Å²) >= 11 is 0. The minimum atomic E-state index is 0.354. The smallest absolute Gasteiger partial charge is 0.227 e. The summed E-state index contributed by atoms with van der Waals surface area (Å²) in [4.78, 5) is 9.29. The van der Waals surface area contributed by atoms with Crippen molar-refractivity contribution in [1.29, 1.82) is 0 Å². The van der Waals surface area contributed by atoms with E-state index in [-0.39, 0.29) is 0 Å². The maximum Gasteiger partial charge on any atom is 0.227 e. The number of hydrogen-bond donors (Lipinski definition) is 0. The highest BCUT2D eigenvalue weighted by Gasteiger charge is 2.29. The lowest BCUT2D eigenvalue weighted by Gasteiger charge is -2.34. The number of piperidine rings is 2. The van der Waals surface area contributed by atoms with Crippen molar-refractivity contribution >= 4 is 11.8 Å². The first-order valence-electron chi connectivity index (χ1n) is 11.7. The van der Waals surface area contributed by atoms with Crippen LogP contribution in [-0.2, 0) is 11.3 Å². The molecule has 2 saturated heterocycles. The highest BCUT2D eigenvalue weighted by molar-refractivity contribution is 5.39. The molecule has 7 heteroatoms. The molecule has 168 valence electrons. The Morgan fingerprint density at radius 2 is 1.56 bits per heavy atom. The Morgan fingerprint density at radius 1 is 0.844 bits per heavy atom. The summed E-state index contributed by atoms with van der Waals surface area (Å²) in [7, 11) is 1.81. The normalized spacial score (nSPS) is 18.3. The van der Waals surface area contributed by atoms with Gasteiger partial charge in [-0.1, -0.05) is 36.4 Å². The Labute approximate surface area is 190 Å². The van der Waals surface area contributed by atoms with Crippen molar-refractivity contribution < 1.29 is 4.74 Å². The Bertz CT molecular complexity index is 976. The number of pyridine rings is 1. The van der Waals surface area contributed by atoms with Gasteiger partial charge in [-0.25, -0.2) is 4.98 Å². The summed E-state index contributed by atoms with van der Waals surface area (Å²) in [5.74, 6) is 3.61. The van der Waals surface area contributed by atoms with Gasteiger partial charge in [0.2, 0.25) is 5.95 Å². The molecule has 7 nitrogen and oxygen atoms in total. The molecule has 0 amide bonds. The maximum atomic E-state index is 5.57. The second kappa shape index (κ2) is 9.69. The standard InChI is InChI=1S/C25H32N6O/c1-32-22-12-17-30(18-13-22)25-28-27-24(31(25)19-20-7-3-2-4-8-20)21-10-15-29(16-11-21)23-9-5-6-14-26-23/h2-9,14,21-22H,10-13,15-19H2,1H3. The fraction of sp³-hybridized carbons (Fsp3) is 0.480. The van der Waals surface area contributed by atoms with Crippen LogP contribution in [-0.4, -0.2) is 59.1 Å². The minimum Gasteiger partial charge on any atom is -0.381 e. The maximum absolute atomic E-state index is 5.57. The van der Waals surface area contributed by atoms with Gasteiger partial charge >= 0.3 is 0 Å². The third-order valence-corrected chi connectivity index (χ3v) is 6.83. The third-order valence-electron chi connectivity index (χ3n) is 6.83. The molecule has 0 aliphatic carbocycles. The number of nitrogens with zero attached hydrogens (tertiary/aromatic N) is 6. The van der Waals surface area contributed by atoms with Crippen LogP contribution in [0.15, 0.2) is 54.7 Å². The molecule has 0 bridgehead atoms. The van der Waals surface area contributed by atoms with Crippen LogP contribution < -0.4 is 9.80 Å². The third kappa shape index (κ3) is 4.48. The molecule has 3 aromatic rings. The van der Waals surface area contributed by atoms with Crippen LogP contribution in [0, 0.1) is 0 Å². The topological polar surface area (TPSA) is 59.3 Å². The van der Waals surface area contributed by atoms with Crippen molar-refractivity contribution in [3.63, 3.8) is 0 Å². The van der Waals surface area contributed by atoms with Gasteiger partial charge in [-0.05, 0) is 43.4 Å². The lowest BCUT2D eigenvalue weighted by molar-refractivity contribution is 0.0815. The fourth-order valence-electron chi connectivity index (χ4n) is 4.96. The molecule has 0 atom stereocenters. The summed E-state index contributed by atoms with van der Waals surface area (Å²) in [6.07, 6.45) is 6.42. The Morgan fingerprint density at radius 3 is 2.25 bits per heavy atom. The second-order valence-corrected chi connectivity index (χ2v) is 8.80. The number of ether oxygens (including phenoxy) is 1. The van der Waals surface area contributed by atoms with E-state index in [1.54, 1.807) is 0 Å². The molecule has 2 aliphatic heterocycles. The highest BCUT2D eigenvalue weighted by atomic mass is 16.5. The summed E-state index contributed by atoms with van der Waals surface area (Å²) < 4.78 is 7.93. The Hall–Kier alpha value is -2.93. The first-order valence-corrected chi connectivity index (χ1v) is 11.7. The number of aromatic nitrogens is 4. The quantitative estimate of drug-likeness (QED) is 0.592. The van der Waals surface area contributed by atoms with Crippen molar-refractivity contribution in [2.24, 2.45) is 0 Å². The van der Waals surface area contributed by atoms with Gasteiger partial charge in [0.15, 0.2) is 0 Å². The van der Waals surface area contributed by atoms with E-state index >= 15 is 0 Å².